The molecule has 0 fully saturated rings. The average Bonchev–Trinajstić information content (AvgIpc) is 2.93. The Kier molecular flexibility index (Phi) is 4.13. The van der Waals surface area contributed by atoms with E-state index in [2.05, 4.69) is 12.2 Å². The van der Waals surface area contributed by atoms with Crippen LogP contribution in [0.4, 0.5) is 4.39 Å². The summed E-state index contributed by atoms with van der Waals surface area (Å²) < 4.78 is 19.1. The van der Waals surface area contributed by atoms with Gasteiger partial charge >= 0.3 is 0 Å². The number of hydrogen-bond acceptors (Lipinski definition) is 3. The van der Waals surface area contributed by atoms with Gasteiger partial charge in [0.25, 0.3) is 0 Å². The third kappa shape index (κ3) is 2.91. The van der Waals surface area contributed by atoms with Gasteiger partial charge < -0.3 is 9.73 Å². The van der Waals surface area contributed by atoms with Crippen molar-refractivity contribution in [3.05, 3.63) is 53.2 Å². The van der Waals surface area contributed by atoms with Crippen LogP contribution in [0.15, 0.2) is 39.6 Å². The van der Waals surface area contributed by atoms with Gasteiger partial charge in [-0.25, -0.2) is 4.39 Å². The lowest BCUT2D eigenvalue weighted by molar-refractivity contribution is 0.420. The van der Waals surface area contributed by atoms with Crippen LogP contribution in [0.2, 0.25) is 0 Å². The maximum absolute atomic E-state index is 13.4. The number of benzene rings is 1. The van der Waals surface area contributed by atoms with Crippen molar-refractivity contribution < 1.29 is 8.81 Å². The first-order valence-corrected chi connectivity index (χ1v) is 7.98. The SMILES string of the molecule is CCc1ccc(CNC2CCSc3ccc(F)cc32)o1. The fraction of sp³-hybridized carbons (Fsp3) is 0.375. The quantitative estimate of drug-likeness (QED) is 0.909. The van der Waals surface area contributed by atoms with Crippen LogP contribution in [0.1, 0.15) is 36.5 Å². The molecule has 1 aliphatic rings. The molecule has 0 bridgehead atoms. The highest BCUT2D eigenvalue weighted by molar-refractivity contribution is 7.99. The molecule has 1 N–H and O–H groups in total. The van der Waals surface area contributed by atoms with Crippen LogP contribution in [-0.4, -0.2) is 5.75 Å². The molecule has 0 aliphatic carbocycles. The van der Waals surface area contributed by atoms with Gasteiger partial charge in [0.2, 0.25) is 0 Å². The molecule has 1 aromatic heterocycles. The van der Waals surface area contributed by atoms with E-state index < -0.39 is 0 Å². The summed E-state index contributed by atoms with van der Waals surface area (Å²) in [6, 6.07) is 9.30. The summed E-state index contributed by atoms with van der Waals surface area (Å²) in [5.74, 6) is 2.85. The maximum Gasteiger partial charge on any atom is 0.123 e. The van der Waals surface area contributed by atoms with Crippen LogP contribution >= 0.6 is 11.8 Å². The predicted molar refractivity (Wildman–Crippen MR) is 79.4 cm³/mol. The van der Waals surface area contributed by atoms with Gasteiger partial charge in [0.15, 0.2) is 0 Å². The molecular weight excluding hydrogens is 273 g/mol. The number of fused-ring (bicyclic) bond motifs is 1. The first-order chi connectivity index (χ1) is 9.76. The van der Waals surface area contributed by atoms with E-state index in [1.807, 2.05) is 18.2 Å². The Morgan fingerprint density at radius 2 is 2.15 bits per heavy atom. The average molecular weight is 291 g/mol. The number of halogens is 1. The van der Waals surface area contributed by atoms with Gasteiger partial charge in [0, 0.05) is 17.4 Å². The van der Waals surface area contributed by atoms with E-state index in [0.717, 1.165) is 35.7 Å². The van der Waals surface area contributed by atoms with E-state index in [0.29, 0.717) is 6.54 Å². The summed E-state index contributed by atoms with van der Waals surface area (Å²) in [5.41, 5.74) is 1.07. The van der Waals surface area contributed by atoms with Gasteiger partial charge in [-0.2, -0.15) is 0 Å². The minimum Gasteiger partial charge on any atom is -0.465 e. The molecule has 0 amide bonds. The molecular formula is C16H18FNOS. The monoisotopic (exact) mass is 291 g/mol. The van der Waals surface area contributed by atoms with Crippen LogP contribution in [0.5, 0.6) is 0 Å². The van der Waals surface area contributed by atoms with Crippen LogP contribution in [0.25, 0.3) is 0 Å². The van der Waals surface area contributed by atoms with E-state index in [1.54, 1.807) is 17.8 Å². The molecule has 2 nitrogen and oxygen atoms in total. The number of thioether (sulfide) groups is 1. The van der Waals surface area contributed by atoms with Gasteiger partial charge in [-0.1, -0.05) is 6.92 Å². The summed E-state index contributed by atoms with van der Waals surface area (Å²) in [6.07, 6.45) is 1.93. The summed E-state index contributed by atoms with van der Waals surface area (Å²) >= 11 is 1.80. The van der Waals surface area contributed by atoms with Crippen molar-refractivity contribution in [2.45, 2.75) is 37.2 Å². The summed E-state index contributed by atoms with van der Waals surface area (Å²) in [5, 5.41) is 3.48. The number of nitrogens with one attached hydrogen (secondary N) is 1. The van der Waals surface area contributed by atoms with Crippen molar-refractivity contribution >= 4 is 11.8 Å². The molecule has 0 saturated heterocycles. The zero-order valence-electron chi connectivity index (χ0n) is 11.5. The van der Waals surface area contributed by atoms with E-state index >= 15 is 0 Å². The second-order valence-corrected chi connectivity index (χ2v) is 6.11. The van der Waals surface area contributed by atoms with Crippen LogP contribution in [0, 0.1) is 5.82 Å². The molecule has 0 spiro atoms. The van der Waals surface area contributed by atoms with Gasteiger partial charge in [-0.15, -0.1) is 11.8 Å². The second-order valence-electron chi connectivity index (χ2n) is 4.97. The first-order valence-electron chi connectivity index (χ1n) is 6.99. The van der Waals surface area contributed by atoms with Crippen molar-refractivity contribution in [2.75, 3.05) is 5.75 Å². The molecule has 106 valence electrons. The standard InChI is InChI=1S/C16H18FNOS/c1-2-12-4-5-13(19-12)10-18-15-7-8-20-16-6-3-11(17)9-14(15)16/h3-6,9,15,18H,2,7-8,10H2,1H3. The number of rotatable bonds is 4. The Labute approximate surface area is 122 Å². The van der Waals surface area contributed by atoms with Gasteiger partial charge in [0.05, 0.1) is 6.54 Å². The van der Waals surface area contributed by atoms with E-state index in [1.165, 1.54) is 11.0 Å². The van der Waals surface area contributed by atoms with Crippen molar-refractivity contribution in [1.29, 1.82) is 0 Å². The highest BCUT2D eigenvalue weighted by Gasteiger charge is 2.21. The first kappa shape index (κ1) is 13.7. The molecule has 1 atom stereocenters. The predicted octanol–water partition coefficient (Wildman–Crippen LogP) is 4.31. The molecule has 20 heavy (non-hydrogen) atoms. The Balaban J connectivity index is 1.71. The lowest BCUT2D eigenvalue weighted by Crippen LogP contribution is -2.24. The normalized spacial score (nSPS) is 18.0. The smallest absolute Gasteiger partial charge is 0.123 e. The van der Waals surface area contributed by atoms with Gasteiger partial charge in [-0.3, -0.25) is 0 Å². The van der Waals surface area contributed by atoms with Crippen LogP contribution in [-0.2, 0) is 13.0 Å². The fourth-order valence-electron chi connectivity index (χ4n) is 2.51. The highest BCUT2D eigenvalue weighted by atomic mass is 32.2. The van der Waals surface area contributed by atoms with Crippen molar-refractivity contribution in [1.82, 2.24) is 5.32 Å². The van der Waals surface area contributed by atoms with Crippen molar-refractivity contribution in [3.63, 3.8) is 0 Å². The highest BCUT2D eigenvalue weighted by Crippen LogP contribution is 2.36. The third-order valence-corrected chi connectivity index (χ3v) is 4.72. The zero-order chi connectivity index (χ0) is 13.9. The molecule has 1 aliphatic heterocycles. The largest absolute Gasteiger partial charge is 0.465 e. The Morgan fingerprint density at radius 1 is 1.30 bits per heavy atom. The van der Waals surface area contributed by atoms with Gasteiger partial charge in [-0.05, 0) is 48.1 Å². The third-order valence-electron chi connectivity index (χ3n) is 3.60. The number of furan rings is 1. The number of aryl methyl sites for hydroxylation is 1. The minimum atomic E-state index is -0.163. The molecule has 3 rings (SSSR count). The lowest BCUT2D eigenvalue weighted by atomic mass is 10.0. The van der Waals surface area contributed by atoms with E-state index in [9.17, 15) is 4.39 Å². The molecule has 4 heteroatoms. The zero-order valence-corrected chi connectivity index (χ0v) is 12.3. The van der Waals surface area contributed by atoms with Crippen molar-refractivity contribution in [3.8, 4) is 0 Å². The molecule has 2 aromatic rings. The molecule has 0 radical (unpaired) electrons. The van der Waals surface area contributed by atoms with Gasteiger partial charge in [0.1, 0.15) is 17.3 Å². The molecule has 1 aromatic carbocycles. The molecule has 0 saturated carbocycles. The summed E-state index contributed by atoms with van der Waals surface area (Å²) in [6.45, 7) is 2.76. The van der Waals surface area contributed by atoms with E-state index in [-0.39, 0.29) is 11.9 Å². The summed E-state index contributed by atoms with van der Waals surface area (Å²) in [7, 11) is 0. The van der Waals surface area contributed by atoms with Crippen molar-refractivity contribution in [2.24, 2.45) is 0 Å². The molecule has 2 heterocycles. The van der Waals surface area contributed by atoms with E-state index in [4.69, 9.17) is 4.42 Å². The van der Waals surface area contributed by atoms with Crippen LogP contribution in [0.3, 0.4) is 0 Å². The Hall–Kier alpha value is -1.26. The lowest BCUT2D eigenvalue weighted by Gasteiger charge is -2.25. The topological polar surface area (TPSA) is 25.2 Å². The summed E-state index contributed by atoms with van der Waals surface area (Å²) in [4.78, 5) is 1.18. The maximum atomic E-state index is 13.4. The second kappa shape index (κ2) is 6.02. The fourth-order valence-corrected chi connectivity index (χ4v) is 3.61. The molecule has 1 unspecified atom stereocenters. The minimum absolute atomic E-state index is 0.163. The Morgan fingerprint density at radius 3 is 2.95 bits per heavy atom. The number of hydrogen-bond donors (Lipinski definition) is 1. The van der Waals surface area contributed by atoms with Crippen LogP contribution < -0.4 is 5.32 Å². The Bertz CT molecular complexity index is 596.